The summed E-state index contributed by atoms with van der Waals surface area (Å²) in [6.45, 7) is 1.59. The molecule has 154 valence electrons. The van der Waals surface area contributed by atoms with E-state index in [0.717, 1.165) is 24.8 Å². The molecule has 0 aliphatic carbocycles. The molecular formula is C22H25ClFN3O2. The third-order valence-corrected chi connectivity index (χ3v) is 5.24. The Kier molecular flexibility index (Phi) is 7.61. The molecule has 0 radical (unpaired) electrons. The topological polar surface area (TPSA) is 61.4 Å². The standard InChI is InChI=1S/C22H25ClFN3O2/c23-17-7-8-19(24)20(14-17)26-22(29)15-27-12-10-18(11-13-27)25-21(28)9-6-16-4-2-1-3-5-16/h1-5,7-8,14,18H,6,9-13,15H2,(H,25,28)(H,26,29). The number of amides is 2. The van der Waals surface area contributed by atoms with Crippen molar-refractivity contribution in [1.82, 2.24) is 10.2 Å². The lowest BCUT2D eigenvalue weighted by Crippen LogP contribution is -2.46. The van der Waals surface area contributed by atoms with Crippen molar-refractivity contribution in [3.63, 3.8) is 0 Å². The van der Waals surface area contributed by atoms with Crippen molar-refractivity contribution in [2.24, 2.45) is 0 Å². The predicted octanol–water partition coefficient (Wildman–Crippen LogP) is 3.63. The molecule has 1 fully saturated rings. The highest BCUT2D eigenvalue weighted by atomic mass is 35.5. The van der Waals surface area contributed by atoms with E-state index in [9.17, 15) is 14.0 Å². The maximum atomic E-state index is 13.7. The number of benzene rings is 2. The second-order valence-corrected chi connectivity index (χ2v) is 7.71. The Hall–Kier alpha value is -2.44. The zero-order chi connectivity index (χ0) is 20.6. The Morgan fingerprint density at radius 3 is 2.52 bits per heavy atom. The molecule has 1 aliphatic rings. The zero-order valence-electron chi connectivity index (χ0n) is 16.2. The fourth-order valence-electron chi connectivity index (χ4n) is 3.42. The number of aryl methyl sites for hydroxylation is 1. The molecule has 29 heavy (non-hydrogen) atoms. The van der Waals surface area contributed by atoms with Gasteiger partial charge >= 0.3 is 0 Å². The van der Waals surface area contributed by atoms with Crippen molar-refractivity contribution in [2.45, 2.75) is 31.7 Å². The van der Waals surface area contributed by atoms with Crippen LogP contribution in [0.4, 0.5) is 10.1 Å². The smallest absolute Gasteiger partial charge is 0.238 e. The molecule has 3 rings (SSSR count). The van der Waals surface area contributed by atoms with Crippen LogP contribution in [-0.4, -0.2) is 42.4 Å². The maximum Gasteiger partial charge on any atom is 0.238 e. The van der Waals surface area contributed by atoms with Crippen molar-refractivity contribution in [1.29, 1.82) is 0 Å². The van der Waals surface area contributed by atoms with Crippen LogP contribution < -0.4 is 10.6 Å². The number of piperidine rings is 1. The predicted molar refractivity (Wildman–Crippen MR) is 112 cm³/mol. The Labute approximate surface area is 175 Å². The van der Waals surface area contributed by atoms with Gasteiger partial charge in [0.25, 0.3) is 0 Å². The van der Waals surface area contributed by atoms with Crippen molar-refractivity contribution < 1.29 is 14.0 Å². The van der Waals surface area contributed by atoms with Crippen LogP contribution in [0.2, 0.25) is 5.02 Å². The Morgan fingerprint density at radius 1 is 1.07 bits per heavy atom. The molecule has 0 aromatic heterocycles. The number of carbonyl (C=O) groups is 2. The van der Waals surface area contributed by atoms with Crippen LogP contribution in [-0.2, 0) is 16.0 Å². The first-order valence-corrected chi connectivity index (χ1v) is 10.2. The van der Waals surface area contributed by atoms with E-state index >= 15 is 0 Å². The minimum absolute atomic E-state index is 0.0569. The van der Waals surface area contributed by atoms with Gasteiger partial charge in [0, 0.05) is 30.6 Å². The lowest BCUT2D eigenvalue weighted by Gasteiger charge is -2.31. The van der Waals surface area contributed by atoms with Crippen LogP contribution >= 0.6 is 11.6 Å². The average molecular weight is 418 g/mol. The van der Waals surface area contributed by atoms with Crippen LogP contribution in [0.5, 0.6) is 0 Å². The third-order valence-electron chi connectivity index (χ3n) is 5.01. The summed E-state index contributed by atoms with van der Waals surface area (Å²) in [5.41, 5.74) is 1.24. The first-order chi connectivity index (χ1) is 14.0. The summed E-state index contributed by atoms with van der Waals surface area (Å²) in [4.78, 5) is 26.4. The van der Waals surface area contributed by atoms with Crippen molar-refractivity contribution >= 4 is 29.1 Å². The molecule has 0 unspecified atom stereocenters. The molecule has 1 aliphatic heterocycles. The molecule has 2 N–H and O–H groups in total. The molecule has 0 atom stereocenters. The molecule has 0 bridgehead atoms. The average Bonchev–Trinajstić information content (AvgIpc) is 2.71. The fraction of sp³-hybridized carbons (Fsp3) is 0.364. The van der Waals surface area contributed by atoms with Gasteiger partial charge in [-0.25, -0.2) is 4.39 Å². The Bertz CT molecular complexity index is 839. The van der Waals surface area contributed by atoms with Crippen LogP contribution in [0.25, 0.3) is 0 Å². The van der Waals surface area contributed by atoms with Gasteiger partial charge in [0.05, 0.1) is 12.2 Å². The summed E-state index contributed by atoms with van der Waals surface area (Å²) in [6.07, 6.45) is 2.77. The highest BCUT2D eigenvalue weighted by Crippen LogP contribution is 2.19. The van der Waals surface area contributed by atoms with E-state index in [-0.39, 0.29) is 30.1 Å². The van der Waals surface area contributed by atoms with E-state index in [4.69, 9.17) is 11.6 Å². The van der Waals surface area contributed by atoms with E-state index in [0.29, 0.717) is 24.5 Å². The number of halogens is 2. The van der Waals surface area contributed by atoms with Gasteiger partial charge in [-0.15, -0.1) is 0 Å². The van der Waals surface area contributed by atoms with Gasteiger partial charge in [-0.2, -0.15) is 0 Å². The SMILES string of the molecule is O=C(CN1CCC(NC(=O)CCc2ccccc2)CC1)Nc1cc(Cl)ccc1F. The van der Waals surface area contributed by atoms with E-state index in [1.54, 1.807) is 0 Å². The first kappa shape index (κ1) is 21.3. The van der Waals surface area contributed by atoms with Crippen LogP contribution in [0.3, 0.4) is 0 Å². The minimum atomic E-state index is -0.514. The number of likely N-dealkylation sites (tertiary alicyclic amines) is 1. The normalized spacial score (nSPS) is 15.1. The van der Waals surface area contributed by atoms with E-state index in [1.807, 2.05) is 35.2 Å². The van der Waals surface area contributed by atoms with E-state index in [1.165, 1.54) is 18.2 Å². The van der Waals surface area contributed by atoms with E-state index < -0.39 is 5.82 Å². The molecule has 0 spiro atoms. The lowest BCUT2D eigenvalue weighted by atomic mass is 10.0. The fourth-order valence-corrected chi connectivity index (χ4v) is 3.60. The van der Waals surface area contributed by atoms with Crippen LogP contribution in [0.15, 0.2) is 48.5 Å². The van der Waals surface area contributed by atoms with Gasteiger partial charge in [-0.3, -0.25) is 14.5 Å². The highest BCUT2D eigenvalue weighted by molar-refractivity contribution is 6.30. The molecule has 1 saturated heterocycles. The molecule has 2 amide bonds. The molecule has 0 saturated carbocycles. The van der Waals surface area contributed by atoms with Gasteiger partial charge in [0.1, 0.15) is 5.82 Å². The number of rotatable bonds is 7. The lowest BCUT2D eigenvalue weighted by molar-refractivity contribution is -0.122. The quantitative estimate of drug-likeness (QED) is 0.723. The van der Waals surface area contributed by atoms with Crippen molar-refractivity contribution in [3.8, 4) is 0 Å². The molecule has 7 heteroatoms. The third kappa shape index (κ3) is 6.84. The highest BCUT2D eigenvalue weighted by Gasteiger charge is 2.22. The number of carbonyl (C=O) groups excluding carboxylic acids is 2. The Morgan fingerprint density at radius 2 is 1.79 bits per heavy atom. The zero-order valence-corrected chi connectivity index (χ0v) is 16.9. The second kappa shape index (κ2) is 10.4. The first-order valence-electron chi connectivity index (χ1n) is 9.80. The summed E-state index contributed by atoms with van der Waals surface area (Å²) in [7, 11) is 0. The molecular weight excluding hydrogens is 393 g/mol. The number of hydrogen-bond acceptors (Lipinski definition) is 3. The van der Waals surface area contributed by atoms with Gasteiger partial charge < -0.3 is 10.6 Å². The molecule has 1 heterocycles. The summed E-state index contributed by atoms with van der Waals surface area (Å²) in [5.74, 6) is -0.738. The largest absolute Gasteiger partial charge is 0.353 e. The summed E-state index contributed by atoms with van der Waals surface area (Å²) in [6, 6.07) is 14.1. The van der Waals surface area contributed by atoms with Crippen molar-refractivity contribution in [3.05, 3.63) is 64.9 Å². The van der Waals surface area contributed by atoms with Gasteiger partial charge in [-0.1, -0.05) is 41.9 Å². The molecule has 2 aromatic rings. The summed E-state index contributed by atoms with van der Waals surface area (Å²) < 4.78 is 13.7. The van der Waals surface area contributed by atoms with Crippen molar-refractivity contribution in [2.75, 3.05) is 25.0 Å². The maximum absolute atomic E-state index is 13.7. The number of nitrogens with one attached hydrogen (secondary N) is 2. The van der Waals surface area contributed by atoms with Crippen LogP contribution in [0.1, 0.15) is 24.8 Å². The van der Waals surface area contributed by atoms with Crippen LogP contribution in [0, 0.1) is 5.82 Å². The monoisotopic (exact) mass is 417 g/mol. The van der Waals surface area contributed by atoms with Gasteiger partial charge in [0.15, 0.2) is 0 Å². The molecule has 2 aromatic carbocycles. The Balaban J connectivity index is 1.37. The molecule has 5 nitrogen and oxygen atoms in total. The second-order valence-electron chi connectivity index (χ2n) is 7.28. The number of hydrogen-bond donors (Lipinski definition) is 2. The number of nitrogens with zero attached hydrogens (tertiary/aromatic N) is 1. The summed E-state index contributed by atoms with van der Waals surface area (Å²) >= 11 is 5.84. The van der Waals surface area contributed by atoms with Gasteiger partial charge in [-0.05, 0) is 43.0 Å². The van der Waals surface area contributed by atoms with E-state index in [2.05, 4.69) is 10.6 Å². The summed E-state index contributed by atoms with van der Waals surface area (Å²) in [5, 5.41) is 6.02. The van der Waals surface area contributed by atoms with Gasteiger partial charge in [0.2, 0.25) is 11.8 Å². The minimum Gasteiger partial charge on any atom is -0.353 e. The number of anilines is 1.